The van der Waals surface area contributed by atoms with Crippen molar-refractivity contribution in [2.45, 2.75) is 19.9 Å². The Balaban J connectivity index is 1.76. The van der Waals surface area contributed by atoms with Crippen molar-refractivity contribution >= 4 is 16.8 Å². The lowest BCUT2D eigenvalue weighted by Crippen LogP contribution is -2.34. The largest absolute Gasteiger partial charge is 0.351 e. The van der Waals surface area contributed by atoms with Gasteiger partial charge in [-0.15, -0.1) is 0 Å². The molecule has 3 rings (SSSR count). The van der Waals surface area contributed by atoms with Crippen LogP contribution in [0.25, 0.3) is 10.9 Å². The lowest BCUT2D eigenvalue weighted by molar-refractivity contribution is 0.0937. The monoisotopic (exact) mass is 335 g/mol. The molecule has 0 bridgehead atoms. The highest BCUT2D eigenvalue weighted by molar-refractivity contribution is 5.99. The van der Waals surface area contributed by atoms with Gasteiger partial charge in [0.05, 0.1) is 6.04 Å². The number of benzene rings is 2. The molecule has 2 N–H and O–H groups in total. The van der Waals surface area contributed by atoms with Gasteiger partial charge in [0.1, 0.15) is 5.69 Å². The van der Waals surface area contributed by atoms with E-state index in [0.717, 1.165) is 10.9 Å². The number of aromatic nitrogens is 1. The molecule has 0 fully saturated rings. The Morgan fingerprint density at radius 3 is 2.52 bits per heavy atom. The standard InChI is InChI=1S/C21H25N3O/c1-14-10-15(2)17-12-19(23-18(17)11-14)21(25)22-13-20(24(3)4)16-8-6-5-7-9-16/h5-12,20,23H,13H2,1-4H3,(H,22,25). The maximum atomic E-state index is 12.6. The summed E-state index contributed by atoms with van der Waals surface area (Å²) in [6, 6.07) is 16.5. The number of hydrogen-bond donors (Lipinski definition) is 2. The van der Waals surface area contributed by atoms with Gasteiger partial charge in [-0.3, -0.25) is 4.79 Å². The number of amides is 1. The van der Waals surface area contributed by atoms with E-state index in [2.05, 4.69) is 53.3 Å². The minimum atomic E-state index is -0.0731. The summed E-state index contributed by atoms with van der Waals surface area (Å²) in [5, 5.41) is 4.16. The minimum absolute atomic E-state index is 0.0731. The van der Waals surface area contributed by atoms with Crippen LogP contribution in [0.15, 0.2) is 48.5 Å². The molecule has 1 unspecified atom stereocenters. The lowest BCUT2D eigenvalue weighted by Gasteiger charge is -2.25. The average molecular weight is 335 g/mol. The molecule has 1 heterocycles. The summed E-state index contributed by atoms with van der Waals surface area (Å²) in [6.07, 6.45) is 0. The normalized spacial score (nSPS) is 12.5. The van der Waals surface area contributed by atoms with E-state index in [1.54, 1.807) is 0 Å². The lowest BCUT2D eigenvalue weighted by atomic mass is 10.1. The molecule has 25 heavy (non-hydrogen) atoms. The van der Waals surface area contributed by atoms with E-state index in [1.807, 2.05) is 38.4 Å². The second-order valence-electron chi connectivity index (χ2n) is 6.83. The number of fused-ring (bicyclic) bond motifs is 1. The summed E-state index contributed by atoms with van der Waals surface area (Å²) in [7, 11) is 4.05. The minimum Gasteiger partial charge on any atom is -0.351 e. The number of aromatic amines is 1. The molecule has 1 amide bonds. The van der Waals surface area contributed by atoms with Crippen LogP contribution in [0.1, 0.15) is 33.2 Å². The van der Waals surface area contributed by atoms with Crippen molar-refractivity contribution in [3.05, 3.63) is 70.9 Å². The molecular weight excluding hydrogens is 310 g/mol. The summed E-state index contributed by atoms with van der Waals surface area (Å²) in [4.78, 5) is 18.0. The first kappa shape index (κ1) is 17.2. The Bertz CT molecular complexity index is 881. The molecule has 2 aromatic carbocycles. The number of likely N-dealkylation sites (N-methyl/N-ethyl adjacent to an activating group) is 1. The summed E-state index contributed by atoms with van der Waals surface area (Å²) >= 11 is 0. The van der Waals surface area contributed by atoms with E-state index < -0.39 is 0 Å². The predicted molar refractivity (Wildman–Crippen MR) is 103 cm³/mol. The Labute approximate surface area is 148 Å². The van der Waals surface area contributed by atoms with Gasteiger partial charge in [-0.1, -0.05) is 36.4 Å². The zero-order valence-corrected chi connectivity index (χ0v) is 15.3. The Morgan fingerprint density at radius 2 is 1.84 bits per heavy atom. The first-order chi connectivity index (χ1) is 12.0. The fraction of sp³-hybridized carbons (Fsp3) is 0.286. The quantitative estimate of drug-likeness (QED) is 0.745. The Morgan fingerprint density at radius 1 is 1.12 bits per heavy atom. The predicted octanol–water partition coefficient (Wildman–Crippen LogP) is 3.82. The number of carbonyl (C=O) groups excluding carboxylic acids is 1. The zero-order chi connectivity index (χ0) is 18.0. The van der Waals surface area contributed by atoms with Crippen LogP contribution < -0.4 is 5.32 Å². The number of nitrogens with zero attached hydrogens (tertiary/aromatic N) is 1. The van der Waals surface area contributed by atoms with Gasteiger partial charge >= 0.3 is 0 Å². The molecule has 1 atom stereocenters. The third-order valence-corrected chi connectivity index (χ3v) is 4.60. The van der Waals surface area contributed by atoms with E-state index >= 15 is 0 Å². The van der Waals surface area contributed by atoms with Crippen molar-refractivity contribution in [1.29, 1.82) is 0 Å². The number of rotatable bonds is 5. The van der Waals surface area contributed by atoms with Crippen LogP contribution in [0.4, 0.5) is 0 Å². The van der Waals surface area contributed by atoms with Crippen molar-refractivity contribution < 1.29 is 4.79 Å². The maximum Gasteiger partial charge on any atom is 0.267 e. The summed E-state index contributed by atoms with van der Waals surface area (Å²) in [6.45, 7) is 4.69. The number of aryl methyl sites for hydroxylation is 2. The zero-order valence-electron chi connectivity index (χ0n) is 15.3. The van der Waals surface area contributed by atoms with Gasteiger partial charge in [-0.25, -0.2) is 0 Å². The van der Waals surface area contributed by atoms with Crippen LogP contribution in [0.5, 0.6) is 0 Å². The van der Waals surface area contributed by atoms with Crippen LogP contribution in [0.3, 0.4) is 0 Å². The van der Waals surface area contributed by atoms with Crippen LogP contribution >= 0.6 is 0 Å². The van der Waals surface area contributed by atoms with Gasteiger partial charge in [0.2, 0.25) is 0 Å². The summed E-state index contributed by atoms with van der Waals surface area (Å²) in [5.41, 5.74) is 5.18. The van der Waals surface area contributed by atoms with Gasteiger partial charge < -0.3 is 15.2 Å². The van der Waals surface area contributed by atoms with Crippen LogP contribution in [0, 0.1) is 13.8 Å². The van der Waals surface area contributed by atoms with Crippen LogP contribution in [-0.2, 0) is 0 Å². The third kappa shape index (κ3) is 3.74. The van der Waals surface area contributed by atoms with Crippen LogP contribution in [0.2, 0.25) is 0 Å². The van der Waals surface area contributed by atoms with E-state index in [1.165, 1.54) is 16.7 Å². The molecule has 0 radical (unpaired) electrons. The molecule has 0 aliphatic carbocycles. The molecule has 1 aromatic heterocycles. The Hall–Kier alpha value is -2.59. The van der Waals surface area contributed by atoms with Gasteiger partial charge in [-0.2, -0.15) is 0 Å². The van der Waals surface area contributed by atoms with E-state index in [0.29, 0.717) is 12.2 Å². The molecule has 4 heteroatoms. The molecule has 0 saturated heterocycles. The first-order valence-corrected chi connectivity index (χ1v) is 8.55. The molecule has 0 aliphatic heterocycles. The highest BCUT2D eigenvalue weighted by Crippen LogP contribution is 2.22. The topological polar surface area (TPSA) is 48.1 Å². The van der Waals surface area contributed by atoms with Crippen molar-refractivity contribution in [3.63, 3.8) is 0 Å². The number of H-pyrrole nitrogens is 1. The molecule has 3 aromatic rings. The van der Waals surface area contributed by atoms with Crippen molar-refractivity contribution in [2.24, 2.45) is 0 Å². The molecule has 0 spiro atoms. The average Bonchev–Trinajstić information content (AvgIpc) is 3.00. The number of nitrogens with one attached hydrogen (secondary N) is 2. The van der Waals surface area contributed by atoms with Gasteiger partial charge in [0, 0.05) is 17.4 Å². The molecule has 130 valence electrons. The Kier molecular flexibility index (Phi) is 4.91. The van der Waals surface area contributed by atoms with Crippen LogP contribution in [-0.4, -0.2) is 36.4 Å². The molecule has 0 saturated carbocycles. The molecular formula is C21H25N3O. The maximum absolute atomic E-state index is 12.6. The fourth-order valence-corrected chi connectivity index (χ4v) is 3.28. The second kappa shape index (κ2) is 7.11. The molecule has 4 nitrogen and oxygen atoms in total. The first-order valence-electron chi connectivity index (χ1n) is 8.55. The van der Waals surface area contributed by atoms with Crippen molar-refractivity contribution in [1.82, 2.24) is 15.2 Å². The van der Waals surface area contributed by atoms with Gasteiger partial charge in [0.25, 0.3) is 5.91 Å². The van der Waals surface area contributed by atoms with E-state index in [-0.39, 0.29) is 11.9 Å². The SMILES string of the molecule is Cc1cc(C)c2cc(C(=O)NCC(c3ccccc3)N(C)C)[nH]c2c1. The van der Waals surface area contributed by atoms with Gasteiger partial charge in [0.15, 0.2) is 0 Å². The van der Waals surface area contributed by atoms with Crippen molar-refractivity contribution in [2.75, 3.05) is 20.6 Å². The highest BCUT2D eigenvalue weighted by atomic mass is 16.1. The number of hydrogen-bond acceptors (Lipinski definition) is 2. The smallest absolute Gasteiger partial charge is 0.267 e. The summed E-state index contributed by atoms with van der Waals surface area (Å²) < 4.78 is 0. The van der Waals surface area contributed by atoms with Crippen molar-refractivity contribution in [3.8, 4) is 0 Å². The highest BCUT2D eigenvalue weighted by Gasteiger charge is 2.17. The summed E-state index contributed by atoms with van der Waals surface area (Å²) in [5.74, 6) is -0.0731. The van der Waals surface area contributed by atoms with Gasteiger partial charge in [-0.05, 0) is 56.8 Å². The van der Waals surface area contributed by atoms with E-state index in [9.17, 15) is 4.79 Å². The molecule has 0 aliphatic rings. The third-order valence-electron chi connectivity index (χ3n) is 4.60. The fourth-order valence-electron chi connectivity index (χ4n) is 3.28. The second-order valence-corrected chi connectivity index (χ2v) is 6.83. The number of carbonyl (C=O) groups is 1. The van der Waals surface area contributed by atoms with E-state index in [4.69, 9.17) is 0 Å².